The van der Waals surface area contributed by atoms with Crippen molar-refractivity contribution in [2.24, 2.45) is 0 Å². The summed E-state index contributed by atoms with van der Waals surface area (Å²) in [6.07, 6.45) is 0.254. The first-order valence-electron chi connectivity index (χ1n) is 7.57. The van der Waals surface area contributed by atoms with Crippen molar-refractivity contribution < 1.29 is 19.2 Å². The number of nitrogens with zero attached hydrogens (tertiary/aromatic N) is 2. The van der Waals surface area contributed by atoms with Crippen LogP contribution in [-0.2, 0) is 20.8 Å². The molecule has 0 atom stereocenters. The van der Waals surface area contributed by atoms with Gasteiger partial charge in [0.15, 0.2) is 0 Å². The van der Waals surface area contributed by atoms with Gasteiger partial charge >= 0.3 is 0 Å². The molecule has 8 heteroatoms. The van der Waals surface area contributed by atoms with Gasteiger partial charge in [-0.15, -0.1) is 0 Å². The van der Waals surface area contributed by atoms with Crippen LogP contribution in [0.2, 0.25) is 0 Å². The minimum atomic E-state index is -0.217. The molecule has 24 heavy (non-hydrogen) atoms. The fraction of sp³-hybridized carbons (Fsp3) is 0.375. The molecule has 2 saturated heterocycles. The van der Waals surface area contributed by atoms with Crippen LogP contribution in [0.15, 0.2) is 24.3 Å². The van der Waals surface area contributed by atoms with E-state index >= 15 is 0 Å². The van der Waals surface area contributed by atoms with Crippen molar-refractivity contribution in [3.63, 3.8) is 0 Å². The highest BCUT2D eigenvalue weighted by atomic mass is 32.2. The van der Waals surface area contributed by atoms with Crippen LogP contribution in [0.1, 0.15) is 12.5 Å². The molecule has 0 unspecified atom stereocenters. The molecule has 2 heterocycles. The van der Waals surface area contributed by atoms with Crippen LogP contribution in [-0.4, -0.2) is 57.6 Å². The van der Waals surface area contributed by atoms with E-state index in [1.807, 2.05) is 0 Å². The lowest BCUT2D eigenvalue weighted by Crippen LogP contribution is -2.62. The average Bonchev–Trinajstić information content (AvgIpc) is 2.79. The van der Waals surface area contributed by atoms with Crippen LogP contribution in [0.4, 0.5) is 10.5 Å². The molecule has 2 aliphatic rings. The first kappa shape index (κ1) is 16.5. The lowest BCUT2D eigenvalue weighted by atomic mass is 10.0. The molecule has 0 spiro atoms. The van der Waals surface area contributed by atoms with Gasteiger partial charge in [0, 0.05) is 25.7 Å². The second-order valence-electron chi connectivity index (χ2n) is 5.83. The van der Waals surface area contributed by atoms with Crippen LogP contribution >= 0.6 is 11.8 Å². The zero-order valence-corrected chi connectivity index (χ0v) is 14.0. The highest BCUT2D eigenvalue weighted by Crippen LogP contribution is 2.26. The Bertz CT molecular complexity index is 682. The van der Waals surface area contributed by atoms with E-state index in [0.717, 1.165) is 17.3 Å². The van der Waals surface area contributed by atoms with Gasteiger partial charge in [-0.3, -0.25) is 24.1 Å². The number of likely N-dealkylation sites (tertiary alicyclic amines) is 1. The molecule has 0 bridgehead atoms. The Morgan fingerprint density at radius 2 is 1.88 bits per heavy atom. The zero-order valence-electron chi connectivity index (χ0n) is 13.2. The largest absolute Gasteiger partial charge is 0.338 e. The van der Waals surface area contributed by atoms with E-state index in [4.69, 9.17) is 0 Å². The minimum Gasteiger partial charge on any atom is -0.338 e. The van der Waals surface area contributed by atoms with Crippen molar-refractivity contribution in [3.8, 4) is 0 Å². The van der Waals surface area contributed by atoms with Crippen LogP contribution in [0.5, 0.6) is 0 Å². The number of carbonyl (C=O) groups excluding carboxylic acids is 4. The van der Waals surface area contributed by atoms with Gasteiger partial charge < -0.3 is 10.2 Å². The number of benzene rings is 1. The molecular weight excluding hydrogens is 330 g/mol. The van der Waals surface area contributed by atoms with Crippen molar-refractivity contribution in [1.29, 1.82) is 0 Å². The molecular formula is C16H17N3O4S. The summed E-state index contributed by atoms with van der Waals surface area (Å²) in [6, 6.07) is 6.91. The van der Waals surface area contributed by atoms with Gasteiger partial charge in [0.05, 0.1) is 18.2 Å². The highest BCUT2D eigenvalue weighted by Gasteiger charge is 2.43. The zero-order chi connectivity index (χ0) is 17.3. The third-order valence-corrected chi connectivity index (χ3v) is 4.83. The molecule has 1 N–H and O–H groups in total. The Labute approximate surface area is 143 Å². The van der Waals surface area contributed by atoms with Crippen molar-refractivity contribution in [2.45, 2.75) is 19.4 Å². The van der Waals surface area contributed by atoms with E-state index in [1.165, 1.54) is 11.8 Å². The minimum absolute atomic E-state index is 0.0368. The van der Waals surface area contributed by atoms with Crippen molar-refractivity contribution in [2.75, 3.05) is 24.2 Å². The third-order valence-electron chi connectivity index (χ3n) is 3.99. The fourth-order valence-corrected chi connectivity index (χ4v) is 3.51. The third kappa shape index (κ3) is 3.43. The van der Waals surface area contributed by atoms with Gasteiger partial charge in [0.2, 0.25) is 17.7 Å². The number of nitrogens with one attached hydrogen (secondary N) is 1. The molecule has 0 aliphatic carbocycles. The maximum absolute atomic E-state index is 12.2. The standard InChI is InChI=1S/C16H17N3O4S/c1-10(20)17-12-4-2-11(3-5-12)6-14(21)18-7-13(8-18)19-15(22)9-24-16(19)23/h2-5,13H,6-9H2,1H3,(H,17,20). The van der Waals surface area contributed by atoms with Gasteiger partial charge in [-0.25, -0.2) is 0 Å². The Morgan fingerprint density at radius 3 is 2.42 bits per heavy atom. The lowest BCUT2D eigenvalue weighted by Gasteiger charge is -2.42. The quantitative estimate of drug-likeness (QED) is 0.881. The van der Waals surface area contributed by atoms with Crippen molar-refractivity contribution >= 4 is 40.4 Å². The number of imide groups is 1. The number of rotatable bonds is 4. The molecule has 1 aromatic carbocycles. The molecule has 0 saturated carbocycles. The van der Waals surface area contributed by atoms with E-state index in [1.54, 1.807) is 29.2 Å². The highest BCUT2D eigenvalue weighted by molar-refractivity contribution is 8.14. The second kappa shape index (κ2) is 6.64. The van der Waals surface area contributed by atoms with Gasteiger partial charge in [-0.1, -0.05) is 23.9 Å². The van der Waals surface area contributed by atoms with Gasteiger partial charge in [0.1, 0.15) is 0 Å². The molecule has 2 aliphatic heterocycles. The SMILES string of the molecule is CC(=O)Nc1ccc(CC(=O)N2CC(N3C(=O)CSC3=O)C2)cc1. The molecule has 0 radical (unpaired) electrons. The number of amides is 4. The van der Waals surface area contributed by atoms with E-state index in [9.17, 15) is 19.2 Å². The second-order valence-corrected chi connectivity index (χ2v) is 6.75. The van der Waals surface area contributed by atoms with Crippen molar-refractivity contribution in [3.05, 3.63) is 29.8 Å². The summed E-state index contributed by atoms with van der Waals surface area (Å²) >= 11 is 1.01. The Morgan fingerprint density at radius 1 is 1.21 bits per heavy atom. The first-order valence-corrected chi connectivity index (χ1v) is 8.55. The average molecular weight is 347 g/mol. The van der Waals surface area contributed by atoms with Crippen LogP contribution in [0, 0.1) is 0 Å². The Kier molecular flexibility index (Phi) is 4.57. The molecule has 126 valence electrons. The van der Waals surface area contributed by atoms with Gasteiger partial charge in [-0.05, 0) is 17.7 Å². The van der Waals surface area contributed by atoms with E-state index in [2.05, 4.69) is 5.32 Å². The summed E-state index contributed by atoms with van der Waals surface area (Å²) in [4.78, 5) is 49.4. The monoisotopic (exact) mass is 347 g/mol. The first-order chi connectivity index (χ1) is 11.4. The number of thioether (sulfide) groups is 1. The van der Waals surface area contributed by atoms with Gasteiger partial charge in [0.25, 0.3) is 5.24 Å². The smallest absolute Gasteiger partial charge is 0.289 e. The van der Waals surface area contributed by atoms with Crippen LogP contribution < -0.4 is 5.32 Å². The van der Waals surface area contributed by atoms with E-state index in [0.29, 0.717) is 18.8 Å². The molecule has 2 fully saturated rings. The summed E-state index contributed by atoms with van der Waals surface area (Å²) in [5.41, 5.74) is 1.53. The molecule has 0 aromatic heterocycles. The summed E-state index contributed by atoms with van der Waals surface area (Å²) in [6.45, 7) is 2.24. The molecule has 4 amide bonds. The summed E-state index contributed by atoms with van der Waals surface area (Å²) < 4.78 is 0. The van der Waals surface area contributed by atoms with Crippen LogP contribution in [0.3, 0.4) is 0 Å². The molecule has 1 aromatic rings. The Hall–Kier alpha value is -2.35. The molecule has 7 nitrogen and oxygen atoms in total. The topological polar surface area (TPSA) is 86.8 Å². The summed E-state index contributed by atoms with van der Waals surface area (Å²) in [5.74, 6) is -0.153. The van der Waals surface area contributed by atoms with Gasteiger partial charge in [-0.2, -0.15) is 0 Å². The maximum atomic E-state index is 12.2. The summed E-state index contributed by atoms with van der Waals surface area (Å²) in [7, 11) is 0. The maximum Gasteiger partial charge on any atom is 0.289 e. The number of anilines is 1. The van der Waals surface area contributed by atoms with E-state index in [-0.39, 0.29) is 41.2 Å². The number of hydrogen-bond acceptors (Lipinski definition) is 5. The Balaban J connectivity index is 1.51. The van der Waals surface area contributed by atoms with E-state index < -0.39 is 0 Å². The van der Waals surface area contributed by atoms with Crippen LogP contribution in [0.25, 0.3) is 0 Å². The fourth-order valence-electron chi connectivity index (χ4n) is 2.73. The normalized spacial score (nSPS) is 17.9. The predicted molar refractivity (Wildman–Crippen MR) is 89.5 cm³/mol. The lowest BCUT2D eigenvalue weighted by molar-refractivity contribution is -0.141. The summed E-state index contributed by atoms with van der Waals surface area (Å²) in [5, 5.41) is 2.45. The predicted octanol–water partition coefficient (Wildman–Crippen LogP) is 1.09. The molecule has 3 rings (SSSR count). The number of hydrogen-bond donors (Lipinski definition) is 1. The number of carbonyl (C=O) groups is 4. The van der Waals surface area contributed by atoms with Crippen molar-refractivity contribution in [1.82, 2.24) is 9.80 Å².